The van der Waals surface area contributed by atoms with Crippen molar-refractivity contribution >= 4 is 0 Å². The van der Waals surface area contributed by atoms with Gasteiger partial charge in [-0.3, -0.25) is 0 Å². The van der Waals surface area contributed by atoms with Crippen LogP contribution in [0.2, 0.25) is 0 Å². The molecule has 2 rings (SSSR count). The van der Waals surface area contributed by atoms with Crippen LogP contribution in [0.1, 0.15) is 44.4 Å². The number of nitrogens with zero attached hydrogens (tertiary/aromatic N) is 2. The van der Waals surface area contributed by atoms with Gasteiger partial charge in [0.25, 0.3) is 0 Å². The Kier molecular flexibility index (Phi) is 3.62. The molecule has 1 aromatic heterocycles. The lowest BCUT2D eigenvalue weighted by molar-refractivity contribution is 0.753. The Morgan fingerprint density at radius 3 is 2.47 bits per heavy atom. The van der Waals surface area contributed by atoms with E-state index in [1.165, 1.54) is 11.3 Å². The van der Waals surface area contributed by atoms with E-state index >= 15 is 0 Å². The van der Waals surface area contributed by atoms with Crippen LogP contribution in [0.5, 0.6) is 0 Å². The van der Waals surface area contributed by atoms with Crippen molar-refractivity contribution in [2.75, 3.05) is 0 Å². The van der Waals surface area contributed by atoms with Gasteiger partial charge in [-0.25, -0.2) is 4.68 Å². The van der Waals surface area contributed by atoms with Crippen LogP contribution in [0.25, 0.3) is 5.69 Å². The van der Waals surface area contributed by atoms with E-state index in [0.29, 0.717) is 5.92 Å². The molecule has 0 bridgehead atoms. The van der Waals surface area contributed by atoms with Crippen LogP contribution in [0, 0.1) is 0 Å². The Hall–Kier alpha value is -1.57. The Morgan fingerprint density at radius 1 is 1.18 bits per heavy atom. The maximum Gasteiger partial charge on any atom is 0.0648 e. The number of rotatable bonds is 4. The molecular formula is C15H20N2. The smallest absolute Gasteiger partial charge is 0.0648 e. The molecule has 0 aliphatic rings. The second-order valence-electron chi connectivity index (χ2n) is 4.70. The molecule has 0 spiro atoms. The number of aromatic nitrogens is 2. The maximum atomic E-state index is 4.54. The van der Waals surface area contributed by atoms with E-state index in [4.69, 9.17) is 0 Å². The summed E-state index contributed by atoms with van der Waals surface area (Å²) in [7, 11) is 0. The van der Waals surface area contributed by atoms with Gasteiger partial charge in [0.1, 0.15) is 0 Å². The molecule has 0 saturated heterocycles. The minimum atomic E-state index is 0.536. The lowest BCUT2D eigenvalue weighted by Gasteiger charge is -2.10. The van der Waals surface area contributed by atoms with E-state index in [0.717, 1.165) is 18.5 Å². The van der Waals surface area contributed by atoms with E-state index in [1.807, 2.05) is 12.3 Å². The van der Waals surface area contributed by atoms with Crippen LogP contribution in [-0.2, 0) is 6.42 Å². The first kappa shape index (κ1) is 11.9. The highest BCUT2D eigenvalue weighted by molar-refractivity contribution is 5.35. The fourth-order valence-corrected chi connectivity index (χ4v) is 2.15. The van der Waals surface area contributed by atoms with Gasteiger partial charge in [-0.15, -0.1) is 0 Å². The molecule has 17 heavy (non-hydrogen) atoms. The van der Waals surface area contributed by atoms with Gasteiger partial charge in [0, 0.05) is 5.69 Å². The summed E-state index contributed by atoms with van der Waals surface area (Å²) in [5.41, 5.74) is 3.88. The largest absolute Gasteiger partial charge is 0.238 e. The monoisotopic (exact) mass is 228 g/mol. The zero-order chi connectivity index (χ0) is 12.3. The van der Waals surface area contributed by atoms with Gasteiger partial charge in [-0.05, 0) is 30.0 Å². The van der Waals surface area contributed by atoms with Gasteiger partial charge in [0.2, 0.25) is 0 Å². The molecule has 2 aromatic rings. The third kappa shape index (κ3) is 2.41. The van der Waals surface area contributed by atoms with Crippen LogP contribution in [0.15, 0.2) is 36.5 Å². The third-order valence-corrected chi connectivity index (χ3v) is 3.01. The van der Waals surface area contributed by atoms with Gasteiger partial charge in [0.05, 0.1) is 11.9 Å². The van der Waals surface area contributed by atoms with Crippen LogP contribution in [-0.4, -0.2) is 9.78 Å². The maximum absolute atomic E-state index is 4.54. The van der Waals surface area contributed by atoms with Crippen molar-refractivity contribution in [1.29, 1.82) is 0 Å². The summed E-state index contributed by atoms with van der Waals surface area (Å²) in [6.45, 7) is 6.67. The topological polar surface area (TPSA) is 17.8 Å². The van der Waals surface area contributed by atoms with Crippen molar-refractivity contribution < 1.29 is 0 Å². The van der Waals surface area contributed by atoms with Gasteiger partial charge < -0.3 is 0 Å². The van der Waals surface area contributed by atoms with E-state index < -0.39 is 0 Å². The summed E-state index contributed by atoms with van der Waals surface area (Å²) < 4.78 is 2.08. The Labute approximate surface area is 103 Å². The highest BCUT2D eigenvalue weighted by Gasteiger charge is 2.13. The van der Waals surface area contributed by atoms with Crippen molar-refractivity contribution in [3.63, 3.8) is 0 Å². The van der Waals surface area contributed by atoms with Crippen LogP contribution in [0.3, 0.4) is 0 Å². The Bertz CT molecular complexity index is 469. The first-order valence-corrected chi connectivity index (χ1v) is 6.36. The van der Waals surface area contributed by atoms with Crippen LogP contribution < -0.4 is 0 Å². The van der Waals surface area contributed by atoms with E-state index in [9.17, 15) is 0 Å². The van der Waals surface area contributed by atoms with Gasteiger partial charge >= 0.3 is 0 Å². The predicted octanol–water partition coefficient (Wildman–Crippen LogP) is 3.95. The molecule has 1 aromatic carbocycles. The summed E-state index contributed by atoms with van der Waals surface area (Å²) in [6.07, 6.45) is 4.25. The minimum Gasteiger partial charge on any atom is -0.238 e. The van der Waals surface area contributed by atoms with E-state index in [2.05, 4.69) is 54.8 Å². The van der Waals surface area contributed by atoms with Crippen LogP contribution >= 0.6 is 0 Å². The zero-order valence-electron chi connectivity index (χ0n) is 10.9. The first-order valence-electron chi connectivity index (χ1n) is 6.36. The summed E-state index contributed by atoms with van der Waals surface area (Å²) in [5, 5.41) is 4.54. The summed E-state index contributed by atoms with van der Waals surface area (Å²) in [6, 6.07) is 10.4. The quantitative estimate of drug-likeness (QED) is 0.774. The summed E-state index contributed by atoms with van der Waals surface area (Å²) in [4.78, 5) is 0. The van der Waals surface area contributed by atoms with Crippen molar-refractivity contribution in [1.82, 2.24) is 9.78 Å². The number of hydrogen-bond acceptors (Lipinski definition) is 1. The fourth-order valence-electron chi connectivity index (χ4n) is 2.15. The standard InChI is InChI=1S/C15H20N2/c1-4-8-15-14(12(2)3)11-16-17(15)13-9-6-5-7-10-13/h5-7,9-12H,4,8H2,1-3H3. The molecule has 0 aliphatic carbocycles. The normalized spacial score (nSPS) is 11.1. The number of para-hydroxylation sites is 1. The molecule has 0 amide bonds. The van der Waals surface area contributed by atoms with E-state index in [-0.39, 0.29) is 0 Å². The average molecular weight is 228 g/mol. The second-order valence-corrected chi connectivity index (χ2v) is 4.70. The Balaban J connectivity index is 2.47. The van der Waals surface area contributed by atoms with Crippen LogP contribution in [0.4, 0.5) is 0 Å². The second kappa shape index (κ2) is 5.17. The molecule has 0 saturated carbocycles. The van der Waals surface area contributed by atoms with Gasteiger partial charge in [-0.2, -0.15) is 5.10 Å². The highest BCUT2D eigenvalue weighted by Crippen LogP contribution is 2.23. The highest BCUT2D eigenvalue weighted by atomic mass is 15.3. The SMILES string of the molecule is CCCc1c(C(C)C)cnn1-c1ccccc1. The average Bonchev–Trinajstić information content (AvgIpc) is 2.75. The molecule has 0 fully saturated rings. The number of benzene rings is 1. The minimum absolute atomic E-state index is 0.536. The lowest BCUT2D eigenvalue weighted by atomic mass is 10.0. The Morgan fingerprint density at radius 2 is 1.88 bits per heavy atom. The molecule has 90 valence electrons. The van der Waals surface area contributed by atoms with Gasteiger partial charge in [0.15, 0.2) is 0 Å². The summed E-state index contributed by atoms with van der Waals surface area (Å²) in [5.74, 6) is 0.536. The molecule has 2 heteroatoms. The molecule has 0 unspecified atom stereocenters. The van der Waals surface area contributed by atoms with Crippen molar-refractivity contribution in [2.45, 2.75) is 39.5 Å². The molecule has 0 atom stereocenters. The number of hydrogen-bond donors (Lipinski definition) is 0. The molecule has 0 aliphatic heterocycles. The molecule has 0 radical (unpaired) electrons. The van der Waals surface area contributed by atoms with E-state index in [1.54, 1.807) is 0 Å². The molecule has 2 nitrogen and oxygen atoms in total. The lowest BCUT2D eigenvalue weighted by Crippen LogP contribution is -2.04. The molecule has 0 N–H and O–H groups in total. The fraction of sp³-hybridized carbons (Fsp3) is 0.400. The zero-order valence-corrected chi connectivity index (χ0v) is 10.9. The molecule has 1 heterocycles. The summed E-state index contributed by atoms with van der Waals surface area (Å²) >= 11 is 0. The van der Waals surface area contributed by atoms with Crippen molar-refractivity contribution in [3.8, 4) is 5.69 Å². The third-order valence-electron chi connectivity index (χ3n) is 3.01. The van der Waals surface area contributed by atoms with Crippen molar-refractivity contribution in [2.24, 2.45) is 0 Å². The predicted molar refractivity (Wildman–Crippen MR) is 71.6 cm³/mol. The van der Waals surface area contributed by atoms with Gasteiger partial charge in [-0.1, -0.05) is 45.4 Å². The first-order chi connectivity index (χ1) is 8.24. The van der Waals surface area contributed by atoms with Crippen molar-refractivity contribution in [3.05, 3.63) is 47.8 Å². The molecular weight excluding hydrogens is 208 g/mol.